The zero-order chi connectivity index (χ0) is 34.7. The summed E-state index contributed by atoms with van der Waals surface area (Å²) in [6.07, 6.45) is 0. The summed E-state index contributed by atoms with van der Waals surface area (Å²) in [5.74, 6) is 1.93. The Hall–Kier alpha value is -6.97. The van der Waals surface area contributed by atoms with Crippen LogP contribution in [0.25, 0.3) is 89.4 Å². The summed E-state index contributed by atoms with van der Waals surface area (Å²) in [5, 5.41) is 2.25. The van der Waals surface area contributed by atoms with E-state index in [0.717, 1.165) is 44.2 Å². The van der Waals surface area contributed by atoms with Gasteiger partial charge in [0.15, 0.2) is 17.5 Å². The molecule has 1 heterocycles. The van der Waals surface area contributed by atoms with Crippen LogP contribution in [0.3, 0.4) is 0 Å². The third kappa shape index (κ3) is 5.95. The average Bonchev–Trinajstić information content (AvgIpc) is 3.24. The topological polar surface area (TPSA) is 38.7 Å². The number of rotatable bonds is 7. The Kier molecular flexibility index (Phi) is 8.20. The number of benzene rings is 8. The number of hydrogen-bond acceptors (Lipinski definition) is 3. The fourth-order valence-electron chi connectivity index (χ4n) is 7.10. The zero-order valence-electron chi connectivity index (χ0n) is 28.4. The molecule has 52 heavy (non-hydrogen) atoms. The first-order valence-electron chi connectivity index (χ1n) is 17.5. The molecule has 0 radical (unpaired) electrons. The predicted molar refractivity (Wildman–Crippen MR) is 215 cm³/mol. The van der Waals surface area contributed by atoms with Crippen LogP contribution in [0.1, 0.15) is 0 Å². The van der Waals surface area contributed by atoms with E-state index in [-0.39, 0.29) is 0 Å². The van der Waals surface area contributed by atoms with Gasteiger partial charge in [-0.15, -0.1) is 0 Å². The lowest BCUT2D eigenvalue weighted by Crippen LogP contribution is -2.00. The fourth-order valence-corrected chi connectivity index (χ4v) is 7.10. The Morgan fingerprint density at radius 2 is 0.615 bits per heavy atom. The van der Waals surface area contributed by atoms with E-state index in [1.165, 1.54) is 27.8 Å². The molecular formula is C49H33N3. The fraction of sp³-hybridized carbons (Fsp3) is 0. The lowest BCUT2D eigenvalue weighted by atomic mass is 9.86. The van der Waals surface area contributed by atoms with Gasteiger partial charge in [0, 0.05) is 16.7 Å². The molecule has 0 aliphatic carbocycles. The Morgan fingerprint density at radius 1 is 0.231 bits per heavy atom. The van der Waals surface area contributed by atoms with Gasteiger partial charge in [-0.25, -0.2) is 15.0 Å². The number of nitrogens with zero attached hydrogens (tertiary/aromatic N) is 3. The first-order valence-corrected chi connectivity index (χ1v) is 17.5. The molecular weight excluding hydrogens is 631 g/mol. The smallest absolute Gasteiger partial charge is 0.164 e. The first kappa shape index (κ1) is 31.0. The number of aromatic nitrogens is 3. The summed E-state index contributed by atoms with van der Waals surface area (Å²) in [6, 6.07) is 70.0. The molecule has 0 saturated carbocycles. The van der Waals surface area contributed by atoms with Gasteiger partial charge in [-0.3, -0.25) is 0 Å². The third-order valence-electron chi connectivity index (χ3n) is 9.58. The highest BCUT2D eigenvalue weighted by atomic mass is 15.0. The molecule has 0 aliphatic heterocycles. The highest BCUT2D eigenvalue weighted by Crippen LogP contribution is 2.42. The van der Waals surface area contributed by atoms with Crippen LogP contribution < -0.4 is 0 Å². The van der Waals surface area contributed by atoms with E-state index >= 15 is 0 Å². The predicted octanol–water partition coefficient (Wildman–Crippen LogP) is 12.7. The lowest BCUT2D eigenvalue weighted by Gasteiger charge is -2.17. The first-order chi connectivity index (χ1) is 25.8. The van der Waals surface area contributed by atoms with Crippen molar-refractivity contribution in [3.05, 3.63) is 200 Å². The maximum Gasteiger partial charge on any atom is 0.164 e. The molecule has 9 aromatic rings. The van der Waals surface area contributed by atoms with Crippen LogP contribution in [0.4, 0.5) is 0 Å². The Bertz CT molecular complexity index is 2680. The molecule has 0 saturated heterocycles. The van der Waals surface area contributed by atoms with Crippen molar-refractivity contribution in [3.8, 4) is 78.7 Å². The SMILES string of the molecule is c1ccc(-c2nc(-c3cccc(-c4ccccc4-c4ccccc4-c4ccccc4-c4ccccc4)c3)nc(-c3cccc4ccccc34)n2)cc1. The van der Waals surface area contributed by atoms with Crippen LogP contribution in [-0.4, -0.2) is 15.0 Å². The van der Waals surface area contributed by atoms with Gasteiger partial charge in [0.2, 0.25) is 0 Å². The van der Waals surface area contributed by atoms with E-state index in [4.69, 9.17) is 15.0 Å². The standard InChI is InChI=1S/C49H33N3/c1-3-17-34(18-4-1)39-25-9-11-28-42(39)44-30-13-14-31-45(44)43-29-12-10-27-41(43)37-23-15-24-38(33-37)48-50-47(36-20-5-2-6-21-36)51-49(52-48)46-32-16-22-35-19-7-8-26-40(35)46/h1-33H. The van der Waals surface area contributed by atoms with Gasteiger partial charge in [0.1, 0.15) is 0 Å². The molecule has 0 unspecified atom stereocenters. The van der Waals surface area contributed by atoms with E-state index < -0.39 is 0 Å². The maximum absolute atomic E-state index is 5.13. The second-order valence-electron chi connectivity index (χ2n) is 12.8. The highest BCUT2D eigenvalue weighted by molar-refractivity contribution is 5.97. The van der Waals surface area contributed by atoms with Crippen molar-refractivity contribution in [3.63, 3.8) is 0 Å². The normalized spacial score (nSPS) is 11.1. The van der Waals surface area contributed by atoms with Crippen LogP contribution in [0.5, 0.6) is 0 Å². The van der Waals surface area contributed by atoms with Crippen molar-refractivity contribution >= 4 is 10.8 Å². The molecule has 3 nitrogen and oxygen atoms in total. The van der Waals surface area contributed by atoms with Gasteiger partial charge >= 0.3 is 0 Å². The number of fused-ring (bicyclic) bond motifs is 1. The third-order valence-corrected chi connectivity index (χ3v) is 9.58. The Labute approximate surface area is 303 Å². The van der Waals surface area contributed by atoms with Crippen molar-refractivity contribution in [2.24, 2.45) is 0 Å². The second kappa shape index (κ2) is 13.7. The minimum Gasteiger partial charge on any atom is -0.208 e. The van der Waals surface area contributed by atoms with Crippen molar-refractivity contribution < 1.29 is 0 Å². The van der Waals surface area contributed by atoms with E-state index in [1.807, 2.05) is 30.3 Å². The summed E-state index contributed by atoms with van der Waals surface area (Å²) in [7, 11) is 0. The molecule has 1 aromatic heterocycles. The molecule has 0 atom stereocenters. The van der Waals surface area contributed by atoms with Gasteiger partial charge < -0.3 is 0 Å². The van der Waals surface area contributed by atoms with Crippen LogP contribution in [-0.2, 0) is 0 Å². The minimum atomic E-state index is 0.633. The van der Waals surface area contributed by atoms with Crippen LogP contribution in [0.2, 0.25) is 0 Å². The van der Waals surface area contributed by atoms with Crippen LogP contribution >= 0.6 is 0 Å². The molecule has 0 N–H and O–H groups in total. The van der Waals surface area contributed by atoms with E-state index in [9.17, 15) is 0 Å². The zero-order valence-corrected chi connectivity index (χ0v) is 28.4. The highest BCUT2D eigenvalue weighted by Gasteiger charge is 2.17. The summed E-state index contributed by atoms with van der Waals surface area (Å²) < 4.78 is 0. The summed E-state index contributed by atoms with van der Waals surface area (Å²) in [6.45, 7) is 0. The van der Waals surface area contributed by atoms with Crippen LogP contribution in [0.15, 0.2) is 200 Å². The van der Waals surface area contributed by atoms with E-state index in [2.05, 4.69) is 170 Å². The Balaban J connectivity index is 1.18. The van der Waals surface area contributed by atoms with E-state index in [0.29, 0.717) is 17.5 Å². The molecule has 0 aliphatic rings. The van der Waals surface area contributed by atoms with E-state index in [1.54, 1.807) is 0 Å². The van der Waals surface area contributed by atoms with Gasteiger partial charge in [0.05, 0.1) is 0 Å². The lowest BCUT2D eigenvalue weighted by molar-refractivity contribution is 1.08. The number of hydrogen-bond donors (Lipinski definition) is 0. The molecule has 0 bridgehead atoms. The van der Waals surface area contributed by atoms with Crippen LogP contribution in [0, 0.1) is 0 Å². The monoisotopic (exact) mass is 663 g/mol. The van der Waals surface area contributed by atoms with Gasteiger partial charge in [-0.1, -0.05) is 194 Å². The van der Waals surface area contributed by atoms with Gasteiger partial charge in [-0.05, 0) is 61.3 Å². The molecule has 0 amide bonds. The minimum absolute atomic E-state index is 0.633. The Morgan fingerprint density at radius 3 is 1.27 bits per heavy atom. The average molecular weight is 664 g/mol. The second-order valence-corrected chi connectivity index (χ2v) is 12.8. The summed E-state index contributed by atoms with van der Waals surface area (Å²) in [5.41, 5.74) is 12.2. The van der Waals surface area contributed by atoms with Crippen molar-refractivity contribution in [1.82, 2.24) is 15.0 Å². The summed E-state index contributed by atoms with van der Waals surface area (Å²) in [4.78, 5) is 15.2. The quantitative estimate of drug-likeness (QED) is 0.170. The largest absolute Gasteiger partial charge is 0.208 e. The molecule has 0 spiro atoms. The molecule has 3 heteroatoms. The molecule has 8 aromatic carbocycles. The molecule has 9 rings (SSSR count). The summed E-state index contributed by atoms with van der Waals surface area (Å²) >= 11 is 0. The molecule has 0 fully saturated rings. The van der Waals surface area contributed by atoms with Crippen molar-refractivity contribution in [1.29, 1.82) is 0 Å². The van der Waals surface area contributed by atoms with Crippen molar-refractivity contribution in [2.75, 3.05) is 0 Å². The molecule has 244 valence electrons. The van der Waals surface area contributed by atoms with Gasteiger partial charge in [-0.2, -0.15) is 0 Å². The van der Waals surface area contributed by atoms with Crippen molar-refractivity contribution in [2.45, 2.75) is 0 Å². The maximum atomic E-state index is 5.13. The van der Waals surface area contributed by atoms with Gasteiger partial charge in [0.25, 0.3) is 0 Å².